The number of H-pyrrole nitrogens is 1. The van der Waals surface area contributed by atoms with Gasteiger partial charge in [0.1, 0.15) is 5.39 Å². The van der Waals surface area contributed by atoms with Gasteiger partial charge in [0.2, 0.25) is 5.91 Å². The van der Waals surface area contributed by atoms with Crippen LogP contribution in [0.15, 0.2) is 51.9 Å². The lowest BCUT2D eigenvalue weighted by Crippen LogP contribution is -2.26. The molecule has 7 nitrogen and oxygen atoms in total. The summed E-state index contributed by atoms with van der Waals surface area (Å²) in [6, 6.07) is 9.22. The molecule has 0 saturated carbocycles. The Labute approximate surface area is 179 Å². The molecule has 0 fully saturated rings. The van der Waals surface area contributed by atoms with Crippen LogP contribution in [0.2, 0.25) is 5.02 Å². The summed E-state index contributed by atoms with van der Waals surface area (Å²) < 4.78 is 1.48. The van der Waals surface area contributed by atoms with Crippen LogP contribution in [-0.4, -0.2) is 31.4 Å². The first kappa shape index (κ1) is 19.7. The van der Waals surface area contributed by atoms with Crippen LogP contribution in [0.1, 0.15) is 10.4 Å². The third kappa shape index (κ3) is 4.21. The van der Waals surface area contributed by atoms with Crippen molar-refractivity contribution in [1.82, 2.24) is 25.1 Å². The van der Waals surface area contributed by atoms with Crippen molar-refractivity contribution in [2.75, 3.05) is 5.75 Å². The molecule has 2 N–H and O–H groups in total. The van der Waals surface area contributed by atoms with Crippen molar-refractivity contribution in [2.45, 2.75) is 18.6 Å². The van der Waals surface area contributed by atoms with Crippen LogP contribution in [-0.2, 0) is 11.3 Å². The normalized spacial score (nSPS) is 11.1. The minimum atomic E-state index is -0.257. The van der Waals surface area contributed by atoms with E-state index < -0.39 is 0 Å². The zero-order valence-corrected chi connectivity index (χ0v) is 17.7. The van der Waals surface area contributed by atoms with Gasteiger partial charge in [0.05, 0.1) is 24.2 Å². The first-order chi connectivity index (χ1) is 14.0. The van der Waals surface area contributed by atoms with E-state index in [0.29, 0.717) is 33.4 Å². The lowest BCUT2D eigenvalue weighted by atomic mass is 10.2. The third-order valence-electron chi connectivity index (χ3n) is 4.22. The molecule has 4 rings (SSSR count). The number of rotatable bonds is 6. The van der Waals surface area contributed by atoms with Gasteiger partial charge in [-0.3, -0.25) is 19.3 Å². The van der Waals surface area contributed by atoms with Crippen molar-refractivity contribution in [3.8, 4) is 5.69 Å². The van der Waals surface area contributed by atoms with Crippen molar-refractivity contribution >= 4 is 51.6 Å². The van der Waals surface area contributed by atoms with E-state index in [4.69, 9.17) is 11.6 Å². The number of thioether (sulfide) groups is 1. The van der Waals surface area contributed by atoms with Crippen LogP contribution in [0.25, 0.3) is 16.7 Å². The third-order valence-corrected chi connectivity index (χ3v) is 6.46. The molecule has 0 aliphatic heterocycles. The lowest BCUT2D eigenvalue weighted by Gasteiger charge is -2.13. The van der Waals surface area contributed by atoms with Gasteiger partial charge >= 0.3 is 0 Å². The van der Waals surface area contributed by atoms with Gasteiger partial charge in [0, 0.05) is 9.90 Å². The molecule has 0 unspecified atom stereocenters. The van der Waals surface area contributed by atoms with E-state index in [1.807, 2.05) is 30.5 Å². The fourth-order valence-corrected chi connectivity index (χ4v) is 4.34. The zero-order valence-electron chi connectivity index (χ0n) is 15.3. The Hall–Kier alpha value is -2.62. The molecule has 29 heavy (non-hydrogen) atoms. The van der Waals surface area contributed by atoms with Crippen LogP contribution in [0.5, 0.6) is 0 Å². The quantitative estimate of drug-likeness (QED) is 0.350. The number of hydrogen-bond donors (Lipinski definition) is 2. The van der Waals surface area contributed by atoms with Crippen molar-refractivity contribution in [3.63, 3.8) is 0 Å². The van der Waals surface area contributed by atoms with E-state index >= 15 is 0 Å². The van der Waals surface area contributed by atoms with Crippen molar-refractivity contribution < 1.29 is 4.79 Å². The van der Waals surface area contributed by atoms with Gasteiger partial charge in [0.15, 0.2) is 10.8 Å². The first-order valence-electron chi connectivity index (χ1n) is 8.67. The molecule has 0 radical (unpaired) electrons. The fraction of sp³-hybridized carbons (Fsp3) is 0.158. The molecule has 3 aromatic heterocycles. The molecule has 4 aromatic rings. The number of halogens is 1. The van der Waals surface area contributed by atoms with Crippen LogP contribution in [0.4, 0.5) is 0 Å². The van der Waals surface area contributed by atoms with E-state index in [1.165, 1.54) is 22.5 Å². The second kappa shape index (κ2) is 8.40. The summed E-state index contributed by atoms with van der Waals surface area (Å²) in [5.41, 5.74) is 1.60. The highest BCUT2D eigenvalue weighted by Gasteiger charge is 2.16. The minimum Gasteiger partial charge on any atom is -0.350 e. The summed E-state index contributed by atoms with van der Waals surface area (Å²) >= 11 is 8.91. The molecular formula is C19H16ClN5O2S2. The number of amides is 1. The smallest absolute Gasteiger partial charge is 0.269 e. The number of aromatic amines is 1. The fourth-order valence-electron chi connectivity index (χ4n) is 2.75. The van der Waals surface area contributed by atoms with Crippen molar-refractivity contribution in [1.29, 1.82) is 0 Å². The maximum Gasteiger partial charge on any atom is 0.269 e. The van der Waals surface area contributed by atoms with Crippen LogP contribution < -0.4 is 10.9 Å². The monoisotopic (exact) mass is 445 g/mol. The number of nitrogens with zero attached hydrogens (tertiary/aromatic N) is 3. The molecule has 0 saturated heterocycles. The molecule has 0 spiro atoms. The Morgan fingerprint density at radius 3 is 3.00 bits per heavy atom. The maximum absolute atomic E-state index is 13.1. The highest BCUT2D eigenvalue weighted by molar-refractivity contribution is 7.99. The molecule has 0 aliphatic carbocycles. The van der Waals surface area contributed by atoms with Gasteiger partial charge in [-0.25, -0.2) is 4.98 Å². The molecule has 0 bridgehead atoms. The topological polar surface area (TPSA) is 92.7 Å². The Kier molecular flexibility index (Phi) is 5.70. The standard InChI is InChI=1S/C19H16ClN5O2S2/c1-11-7-12(4-5-15(11)20)25-18(27)14-9-22-24-17(14)23-19(25)29-10-16(26)21-8-13-3-2-6-28-13/h2-7,9H,8,10H2,1H3,(H,21,26)(H,22,24). The van der Waals surface area contributed by atoms with Gasteiger partial charge in [-0.05, 0) is 42.1 Å². The number of benzene rings is 1. The summed E-state index contributed by atoms with van der Waals surface area (Å²) in [6.45, 7) is 2.35. The highest BCUT2D eigenvalue weighted by Crippen LogP contribution is 2.23. The van der Waals surface area contributed by atoms with Crippen molar-refractivity contribution in [2.24, 2.45) is 0 Å². The average molecular weight is 446 g/mol. The van der Waals surface area contributed by atoms with Gasteiger partial charge in [0.25, 0.3) is 5.56 Å². The molecule has 10 heteroatoms. The molecule has 1 amide bonds. The van der Waals surface area contributed by atoms with E-state index in [1.54, 1.807) is 23.5 Å². The molecular weight excluding hydrogens is 430 g/mol. The number of thiophene rings is 1. The predicted molar refractivity (Wildman–Crippen MR) is 116 cm³/mol. The summed E-state index contributed by atoms with van der Waals surface area (Å²) in [6.07, 6.45) is 1.45. The lowest BCUT2D eigenvalue weighted by molar-refractivity contribution is -0.118. The number of aryl methyl sites for hydroxylation is 1. The van der Waals surface area contributed by atoms with Gasteiger partial charge in [-0.1, -0.05) is 29.4 Å². The number of carbonyl (C=O) groups excluding carboxylic acids is 1. The molecule has 0 atom stereocenters. The average Bonchev–Trinajstić information content (AvgIpc) is 3.39. The van der Waals surface area contributed by atoms with E-state index in [0.717, 1.165) is 10.4 Å². The van der Waals surface area contributed by atoms with Gasteiger partial charge in [-0.2, -0.15) is 5.10 Å². The molecule has 3 heterocycles. The van der Waals surface area contributed by atoms with Crippen LogP contribution >= 0.6 is 34.7 Å². The number of nitrogens with one attached hydrogen (secondary N) is 2. The van der Waals surface area contributed by atoms with Crippen LogP contribution in [0, 0.1) is 6.92 Å². The maximum atomic E-state index is 13.1. The molecule has 0 aliphatic rings. The number of aromatic nitrogens is 4. The highest BCUT2D eigenvalue weighted by atomic mass is 35.5. The predicted octanol–water partition coefficient (Wildman–Crippen LogP) is 3.54. The Morgan fingerprint density at radius 1 is 1.38 bits per heavy atom. The van der Waals surface area contributed by atoms with Gasteiger partial charge < -0.3 is 5.32 Å². The first-order valence-corrected chi connectivity index (χ1v) is 10.9. The van der Waals surface area contributed by atoms with Gasteiger partial charge in [-0.15, -0.1) is 11.3 Å². The number of hydrogen-bond acceptors (Lipinski definition) is 6. The Morgan fingerprint density at radius 2 is 2.24 bits per heavy atom. The number of fused-ring (bicyclic) bond motifs is 1. The number of carbonyl (C=O) groups is 1. The SMILES string of the molecule is Cc1cc(-n2c(SCC(=O)NCc3cccs3)nc3[nH]ncc3c2=O)ccc1Cl. The zero-order chi connectivity index (χ0) is 20.4. The minimum absolute atomic E-state index is 0.129. The second-order valence-corrected chi connectivity index (χ2v) is 8.63. The Balaban J connectivity index is 1.63. The second-order valence-electron chi connectivity index (χ2n) is 6.25. The van der Waals surface area contributed by atoms with E-state index in [-0.39, 0.29) is 17.2 Å². The van der Waals surface area contributed by atoms with E-state index in [2.05, 4.69) is 20.5 Å². The molecule has 148 valence electrons. The Bertz CT molecular complexity index is 1230. The molecule has 1 aromatic carbocycles. The summed E-state index contributed by atoms with van der Waals surface area (Å²) in [5.74, 6) is -0.00879. The summed E-state index contributed by atoms with van der Waals surface area (Å²) in [4.78, 5) is 30.9. The summed E-state index contributed by atoms with van der Waals surface area (Å²) in [7, 11) is 0. The van der Waals surface area contributed by atoms with Crippen LogP contribution in [0.3, 0.4) is 0 Å². The summed E-state index contributed by atoms with van der Waals surface area (Å²) in [5, 5.41) is 12.9. The van der Waals surface area contributed by atoms with Crippen molar-refractivity contribution in [3.05, 3.63) is 67.7 Å². The largest absolute Gasteiger partial charge is 0.350 e. The van der Waals surface area contributed by atoms with E-state index in [9.17, 15) is 9.59 Å².